The Hall–Kier alpha value is 0.0719. The maximum absolute atomic E-state index is 4.94. The van der Waals surface area contributed by atoms with Crippen LogP contribution in [0.4, 0.5) is 0 Å². The summed E-state index contributed by atoms with van der Waals surface area (Å²) in [5.41, 5.74) is 1.14. The largest absolute Gasteiger partial charge is 2.00 e. The van der Waals surface area contributed by atoms with Crippen molar-refractivity contribution < 1.29 is 35.9 Å². The van der Waals surface area contributed by atoms with Crippen LogP contribution in [0.2, 0.25) is 0 Å². The zero-order valence-corrected chi connectivity index (χ0v) is 11.3. The van der Waals surface area contributed by atoms with Gasteiger partial charge in [-0.05, 0) is 0 Å². The van der Waals surface area contributed by atoms with Crippen LogP contribution in [0.3, 0.4) is 0 Å². The van der Waals surface area contributed by atoms with Crippen molar-refractivity contribution in [3.8, 4) is 5.75 Å². The van der Waals surface area contributed by atoms with Crippen LogP contribution in [-0.4, -0.2) is 7.11 Å². The van der Waals surface area contributed by atoms with Crippen LogP contribution < -0.4 is 4.74 Å². The van der Waals surface area contributed by atoms with Gasteiger partial charge in [-0.1, -0.05) is 6.92 Å². The second-order valence-electron chi connectivity index (χ2n) is 1.91. The molecule has 0 N–H and O–H groups in total. The molecule has 58 valence electrons. The molecule has 0 heterocycles. The van der Waals surface area contributed by atoms with Crippen molar-refractivity contribution >= 4 is 0 Å². The quantitative estimate of drug-likeness (QED) is 0.686. The van der Waals surface area contributed by atoms with Crippen LogP contribution in [0.15, 0.2) is 18.2 Å². The predicted octanol–water partition coefficient (Wildman–Crippen LogP) is 2.25. The Morgan fingerprint density at radius 1 is 1.36 bits per heavy atom. The van der Waals surface area contributed by atoms with Crippen molar-refractivity contribution in [2.24, 2.45) is 0 Å². The van der Waals surface area contributed by atoms with Gasteiger partial charge in [0.25, 0.3) is 0 Å². The molecule has 0 bridgehead atoms. The number of hydrogen-bond acceptors (Lipinski definition) is 1. The standard InChI is InChI=1S/C8H9O.CH3.U/c1-7-3-5-8(9-2)6-4-7;;/h3,5-6H,1-2H3;1H3;/q2*-1;+2. The predicted molar refractivity (Wildman–Crippen MR) is 43.0 cm³/mol. The molecule has 0 aliphatic heterocycles. The molecule has 2 heteroatoms. The first-order chi connectivity index (χ1) is 4.33. The van der Waals surface area contributed by atoms with E-state index in [4.69, 9.17) is 4.74 Å². The molecule has 0 saturated carbocycles. The average molecular weight is 374 g/mol. The first-order valence-corrected chi connectivity index (χ1v) is 2.85. The second kappa shape index (κ2) is 6.76. The van der Waals surface area contributed by atoms with Crippen LogP contribution >= 0.6 is 0 Å². The van der Waals surface area contributed by atoms with Gasteiger partial charge < -0.3 is 12.2 Å². The molecule has 0 aromatic heterocycles. The van der Waals surface area contributed by atoms with E-state index in [1.54, 1.807) is 7.11 Å². The van der Waals surface area contributed by atoms with Crippen molar-refractivity contribution in [2.45, 2.75) is 6.92 Å². The van der Waals surface area contributed by atoms with Crippen molar-refractivity contribution in [3.63, 3.8) is 0 Å². The summed E-state index contributed by atoms with van der Waals surface area (Å²) in [5.74, 6) is 0.862. The van der Waals surface area contributed by atoms with Crippen molar-refractivity contribution in [2.75, 3.05) is 7.11 Å². The Kier molecular flexibility index (Phi) is 8.39. The third-order valence-corrected chi connectivity index (χ3v) is 1.18. The Labute approximate surface area is 92.5 Å². The van der Waals surface area contributed by atoms with Gasteiger partial charge in [0.05, 0.1) is 7.11 Å². The molecule has 11 heavy (non-hydrogen) atoms. The average Bonchev–Trinajstić information content (AvgIpc) is 1.90. The fraction of sp³-hybridized carbons (Fsp3) is 0.222. The van der Waals surface area contributed by atoms with E-state index in [1.807, 2.05) is 25.1 Å². The summed E-state index contributed by atoms with van der Waals surface area (Å²) in [6.45, 7) is 2.00. The molecule has 1 rings (SSSR count). The van der Waals surface area contributed by atoms with E-state index in [1.165, 1.54) is 0 Å². The van der Waals surface area contributed by atoms with Crippen molar-refractivity contribution in [3.05, 3.63) is 37.3 Å². The molecule has 0 radical (unpaired) electrons. The van der Waals surface area contributed by atoms with Crippen molar-refractivity contribution in [1.29, 1.82) is 0 Å². The third-order valence-electron chi connectivity index (χ3n) is 1.18. The molecule has 1 nitrogen and oxygen atoms in total. The molecule has 0 aliphatic rings. The molecule has 1 aromatic carbocycles. The smallest absolute Gasteiger partial charge is 0.554 e. The van der Waals surface area contributed by atoms with Crippen LogP contribution in [0.5, 0.6) is 5.75 Å². The molecule has 0 unspecified atom stereocenters. The van der Waals surface area contributed by atoms with E-state index in [2.05, 4.69) is 6.07 Å². The zero-order chi connectivity index (χ0) is 6.69. The minimum Gasteiger partial charge on any atom is -0.554 e. The first kappa shape index (κ1) is 13.6. The minimum absolute atomic E-state index is 0. The summed E-state index contributed by atoms with van der Waals surface area (Å²) in [7, 11) is 1.65. The molecule has 1 aromatic rings. The number of aryl methyl sites for hydroxylation is 1. The number of benzene rings is 1. The van der Waals surface area contributed by atoms with Gasteiger partial charge in [0.15, 0.2) is 0 Å². The Bertz CT molecular complexity index is 181. The van der Waals surface area contributed by atoms with Gasteiger partial charge >= 0.3 is 31.1 Å². The fourth-order valence-corrected chi connectivity index (χ4v) is 0.615. The van der Waals surface area contributed by atoms with Crippen LogP contribution in [0, 0.1) is 51.5 Å². The van der Waals surface area contributed by atoms with E-state index < -0.39 is 0 Å². The minimum atomic E-state index is 0. The SMILES string of the molecule is COc1c[c-]c(C)cc1.[CH3-].[U+2]. The summed E-state index contributed by atoms with van der Waals surface area (Å²) in [4.78, 5) is 0. The second-order valence-corrected chi connectivity index (χ2v) is 1.91. The normalized spacial score (nSPS) is 7.45. The summed E-state index contributed by atoms with van der Waals surface area (Å²) in [6, 6.07) is 8.75. The van der Waals surface area contributed by atoms with E-state index in [0.717, 1.165) is 11.3 Å². The molecule has 0 fully saturated rings. The molecule has 0 spiro atoms. The topological polar surface area (TPSA) is 9.23 Å². The number of rotatable bonds is 1. The number of methoxy groups -OCH3 is 1. The van der Waals surface area contributed by atoms with Gasteiger partial charge in [-0.3, -0.25) is 0 Å². The zero-order valence-electron chi connectivity index (χ0n) is 7.14. The third kappa shape index (κ3) is 4.50. The Morgan fingerprint density at radius 2 is 2.00 bits per heavy atom. The van der Waals surface area contributed by atoms with E-state index >= 15 is 0 Å². The molecular weight excluding hydrogens is 362 g/mol. The fourth-order valence-electron chi connectivity index (χ4n) is 0.615. The van der Waals surface area contributed by atoms with E-state index in [-0.39, 0.29) is 38.5 Å². The van der Waals surface area contributed by atoms with Crippen LogP contribution in [-0.2, 0) is 0 Å². The maximum atomic E-state index is 4.94. The van der Waals surface area contributed by atoms with Gasteiger partial charge in [-0.2, -0.15) is 17.7 Å². The van der Waals surface area contributed by atoms with E-state index in [9.17, 15) is 0 Å². The number of hydrogen-bond donors (Lipinski definition) is 0. The van der Waals surface area contributed by atoms with Gasteiger partial charge in [-0.15, -0.1) is 12.1 Å². The van der Waals surface area contributed by atoms with Gasteiger partial charge in [0, 0.05) is 5.75 Å². The van der Waals surface area contributed by atoms with Crippen LogP contribution in [0.1, 0.15) is 5.56 Å². The number of ether oxygens (including phenoxy) is 1. The van der Waals surface area contributed by atoms with Gasteiger partial charge in [0.1, 0.15) is 0 Å². The molecular formula is C9H12OU. The van der Waals surface area contributed by atoms with Crippen LogP contribution in [0.25, 0.3) is 0 Å². The molecule has 0 atom stereocenters. The monoisotopic (exact) mass is 374 g/mol. The summed E-state index contributed by atoms with van der Waals surface area (Å²) < 4.78 is 4.94. The molecule has 0 aliphatic carbocycles. The van der Waals surface area contributed by atoms with Crippen molar-refractivity contribution in [1.82, 2.24) is 0 Å². The first-order valence-electron chi connectivity index (χ1n) is 2.85. The van der Waals surface area contributed by atoms with E-state index in [0.29, 0.717) is 0 Å². The summed E-state index contributed by atoms with van der Waals surface area (Å²) >= 11 is 0. The molecule has 0 amide bonds. The summed E-state index contributed by atoms with van der Waals surface area (Å²) in [5, 5.41) is 0. The maximum Gasteiger partial charge on any atom is 2.00 e. The molecule has 0 saturated heterocycles. The Morgan fingerprint density at radius 3 is 2.36 bits per heavy atom. The van der Waals surface area contributed by atoms with Gasteiger partial charge in [-0.25, -0.2) is 0 Å². The van der Waals surface area contributed by atoms with Gasteiger partial charge in [0.2, 0.25) is 0 Å². The summed E-state index contributed by atoms with van der Waals surface area (Å²) in [6.07, 6.45) is 0. The Balaban J connectivity index is 0.